The molecule has 4 aromatic carbocycles. The van der Waals surface area contributed by atoms with Crippen molar-refractivity contribution in [2.45, 2.75) is 207 Å². The molecule has 45 heteroatoms. The zero-order chi connectivity index (χ0) is 101. The first-order valence-corrected chi connectivity index (χ1v) is 43.7. The Hall–Kier alpha value is -11.3. The van der Waals surface area contributed by atoms with Crippen molar-refractivity contribution >= 4 is 97.6 Å². The van der Waals surface area contributed by atoms with Gasteiger partial charge in [-0.3, -0.25) is 33.6 Å². The van der Waals surface area contributed by atoms with E-state index in [9.17, 15) is 77.0 Å². The molecule has 0 aliphatic heterocycles. The number of hydrogen-bond donors (Lipinski definition) is 14. The van der Waals surface area contributed by atoms with Crippen LogP contribution in [0.15, 0.2) is 97.1 Å². The van der Waals surface area contributed by atoms with Gasteiger partial charge in [-0.25, -0.2) is 38.4 Å². The largest absolute Gasteiger partial charge is 0.497 e. The van der Waals surface area contributed by atoms with E-state index < -0.39 is 109 Å². The fourth-order valence-corrected chi connectivity index (χ4v) is 11.1. The number of carbonyl (C=O) groups is 15. The third-order valence-electron chi connectivity index (χ3n) is 18.4. The second-order valence-corrected chi connectivity index (χ2v) is 29.3. The first-order valence-electron chi connectivity index (χ1n) is 44.9. The van der Waals surface area contributed by atoms with E-state index in [1.54, 1.807) is 126 Å². The Bertz CT molecular complexity index is 4070. The average molecular weight is 2160 g/mol. The van der Waals surface area contributed by atoms with E-state index in [0.29, 0.717) is 141 Å². The van der Waals surface area contributed by atoms with Crippen molar-refractivity contribution in [3.05, 3.63) is 119 Å². The fraction of sp³-hybridized carbons (Fsp3) is 0.571. The van der Waals surface area contributed by atoms with Gasteiger partial charge in [0.2, 0.25) is 11.8 Å². The van der Waals surface area contributed by atoms with E-state index in [2.05, 4.69) is 54.0 Å². The first-order chi connectivity index (χ1) is 65.2. The van der Waals surface area contributed by atoms with Crippen molar-refractivity contribution in [2.75, 3.05) is 134 Å². The predicted molar refractivity (Wildman–Crippen MR) is 492 cm³/mol. The molecule has 0 bridgehead atoms. The van der Waals surface area contributed by atoms with Gasteiger partial charge in [0.05, 0.1) is 108 Å². The third-order valence-corrected chi connectivity index (χ3v) is 18.4. The molecule has 6 atom stereocenters. The van der Waals surface area contributed by atoms with Crippen molar-refractivity contribution < 1.29 is 201 Å². The number of rotatable bonds is 68. The monoisotopic (exact) mass is 2160 g/mol. The number of methoxy groups -OCH3 is 4. The van der Waals surface area contributed by atoms with E-state index in [1.807, 2.05) is 13.8 Å². The van der Waals surface area contributed by atoms with Gasteiger partial charge >= 0.3 is 65.8 Å². The number of aliphatic carboxylic acids is 4. The molecule has 761 valence electrons. The summed E-state index contributed by atoms with van der Waals surface area (Å²) in [6.45, 7) is 12.5. The smallest absolute Gasteiger partial charge is 0.329 e. The molecule has 0 spiro atoms. The van der Waals surface area contributed by atoms with Gasteiger partial charge in [-0.15, -0.1) is 0 Å². The number of esters is 4. The minimum atomic E-state index is -1.46. The summed E-state index contributed by atoms with van der Waals surface area (Å²) in [6.07, 6.45) is 4.87. The Morgan fingerprint density at radius 2 is 0.640 bits per heavy atom. The fourth-order valence-electron chi connectivity index (χ4n) is 11.1. The maximum absolute atomic E-state index is 13.1. The second kappa shape index (κ2) is 82.0. The van der Waals surface area contributed by atoms with Gasteiger partial charge in [-0.2, -0.15) is 0 Å². The van der Waals surface area contributed by atoms with Crippen molar-refractivity contribution in [3.63, 3.8) is 0 Å². The van der Waals surface area contributed by atoms with Crippen molar-refractivity contribution in [1.82, 2.24) is 42.5 Å². The van der Waals surface area contributed by atoms with Crippen molar-refractivity contribution in [3.8, 4) is 23.0 Å². The summed E-state index contributed by atoms with van der Waals surface area (Å²) in [7, 11) is 6.71. The number of ether oxygens (including phenoxy) is 14. The maximum Gasteiger partial charge on any atom is 0.329 e. The summed E-state index contributed by atoms with van der Waals surface area (Å²) in [6, 6.07) is 18.9. The van der Waals surface area contributed by atoms with Crippen molar-refractivity contribution in [1.29, 1.82) is 2.67 Å². The van der Waals surface area contributed by atoms with Crippen LogP contribution >= 0.6 is 0 Å². The molecule has 136 heavy (non-hydrogen) atoms. The van der Waals surface area contributed by atoms with Gasteiger partial charge in [0.15, 0.2) is 11.6 Å². The van der Waals surface area contributed by atoms with E-state index in [0.717, 1.165) is 48.9 Å². The Labute approximate surface area is 822 Å². The summed E-state index contributed by atoms with van der Waals surface area (Å²) in [5.74, 6) is -5.89. The number of carboxylic acid groups (broad SMARTS) is 4. The zero-order valence-electron chi connectivity index (χ0n) is 80.5. The van der Waals surface area contributed by atoms with Crippen LogP contribution in [0.25, 0.3) is 0 Å². The standard InChI is InChI=1S/C36H51N3O11.C29H39N3O8.C18H32N4O10.C7H14O4.CH4.BH2.U/c1-5-20-47-21-22-48-25-33(41)37-19-7-6-8-31(26(2)40)38-36(44)39-32(35(43)50-24-28-11-15-30(46-4)16-12-28)17-18-34(42)49-23-27-9-13-29(45-3)14-10-27;1-20(33)25(6-4-5-17-30)31-29(36)32-26(28(35)40-19-22-9-13-24(38-3)14-10-22)15-16-27(34)39-18-21-7-11-23(37-2)12-8-21;19-6-8-31-9-10-32-11-14(23)20-7-2-1-3-12(16(26)27)21-18(30)22-13(17(28)29)4-5-15(24)25;1-2-3-10-4-5-11-6-7(8)9;;;/h9-16,31-32H,5-8,17-25H2,1-4H3,(H,37,41)(H2,38,39,44);7-14,25-26H,4-6,15-19,30H2,1-3H3,(H2,31,32,36);12-13H,1-11,19H2,(H,20,23)(H,24,25)(H,26,27)(H,28,29)(H2,21,22,30);2-6H2,1H3,(H,8,9);1H4;1H2;/p+2/t31-,32-;25-,26-;12-,13-;;;;/m000..../s1/i;;;;;1T2;. The third kappa shape index (κ3) is 67.0. The molecular formula is C91H144BN10O33U+2. The number of quaternary nitrogens is 2. The number of amides is 8. The molecule has 0 saturated carbocycles. The number of carboxylic acids is 4. The average Bonchev–Trinajstić information content (AvgIpc) is 0.874. The Kier molecular flexibility index (Phi) is 75.2. The maximum atomic E-state index is 13.1. The van der Waals surface area contributed by atoms with Crippen LogP contribution in [-0.4, -0.2) is 291 Å². The summed E-state index contributed by atoms with van der Waals surface area (Å²) in [5, 5.41) is 54.9. The number of benzene rings is 4. The second-order valence-electron chi connectivity index (χ2n) is 29.3. The molecule has 0 fully saturated rings. The molecule has 0 unspecified atom stereocenters. The van der Waals surface area contributed by atoms with E-state index in [4.69, 9.17) is 84.3 Å². The van der Waals surface area contributed by atoms with Gasteiger partial charge in [0, 0.05) is 76.7 Å². The van der Waals surface area contributed by atoms with Crippen LogP contribution in [-0.2, 0) is 131 Å². The van der Waals surface area contributed by atoms with Crippen LogP contribution in [0.2, 0.25) is 0 Å². The quantitative estimate of drug-likeness (QED) is 0.0129. The summed E-state index contributed by atoms with van der Waals surface area (Å²) < 4.78 is 84.2. The zero-order valence-corrected chi connectivity index (χ0v) is 82.6. The number of Topliss-reactive ketones (excluding diaryl/α,β-unsaturated/α-hetero) is 2. The van der Waals surface area contributed by atoms with Crippen LogP contribution in [0.3, 0.4) is 0 Å². The molecule has 1 radical (unpaired) electrons. The molecule has 0 aromatic heterocycles. The number of nitrogens with one attached hydrogen (secondary N) is 8. The van der Waals surface area contributed by atoms with E-state index in [1.165, 1.54) is 13.8 Å². The van der Waals surface area contributed by atoms with Gasteiger partial charge in [-0.05, 0) is 177 Å². The summed E-state index contributed by atoms with van der Waals surface area (Å²) >= 11 is 0. The van der Waals surface area contributed by atoms with Gasteiger partial charge in [0.25, 0.3) is 0 Å². The molecule has 43 nitrogen and oxygen atoms in total. The number of hydrogen-bond acceptors (Lipinski definition) is 29. The first kappa shape index (κ1) is 125. The van der Waals surface area contributed by atoms with E-state index >= 15 is 0 Å². The molecule has 4 aromatic rings. The predicted octanol–water partition coefficient (Wildman–Crippen LogP) is 3.79. The Morgan fingerprint density at radius 3 is 0.941 bits per heavy atom. The molecule has 8 amide bonds. The Morgan fingerprint density at radius 1 is 0.353 bits per heavy atom. The molecular weight excluding hydrogens is 2010 g/mol. The van der Waals surface area contributed by atoms with Gasteiger partial charge in [-0.1, -0.05) is 69.8 Å². The minimum absolute atomic E-state index is 0. The molecule has 0 saturated heterocycles. The van der Waals surface area contributed by atoms with E-state index in [-0.39, 0.29) is 160 Å². The van der Waals surface area contributed by atoms with Crippen LogP contribution in [0.1, 0.15) is 167 Å². The summed E-state index contributed by atoms with van der Waals surface area (Å²) in [5.41, 5.74) is 10.3. The Balaban J connectivity index is -0.00000187. The molecule has 0 aliphatic rings. The number of unbranched alkanes of at least 4 members (excludes halogenated alkanes) is 3. The number of urea groups is 3. The number of ketones is 2. The molecule has 0 aliphatic carbocycles. The minimum Gasteiger partial charge on any atom is -0.497 e. The van der Waals surface area contributed by atoms with Crippen LogP contribution in [0, 0.1) is 31.1 Å². The van der Waals surface area contributed by atoms with Gasteiger partial charge < -0.3 is 141 Å². The van der Waals surface area contributed by atoms with Crippen LogP contribution in [0.5, 0.6) is 23.0 Å². The van der Waals surface area contributed by atoms with Crippen molar-refractivity contribution in [2.24, 2.45) is 0 Å². The topological polar surface area (TPSA) is 618 Å². The van der Waals surface area contributed by atoms with Crippen LogP contribution in [0.4, 0.5) is 14.4 Å². The normalized spacial score (nSPS) is 11.7. The SMILES string of the molecule is C.CCCOCCOCC(=O)NCCCC[C@H](NC(=O)N[C@@H](CCC(=O)OCc1ccc(OC)cc1)C(=O)OCc1ccc(OC)cc1)C(C)=O.CCCOCCOCC(=O)O.COc1ccc(COC(=O)CC[C@H](NC(=O)N[C@@H](CCCC[NH3+])C(C)=O)C(=O)OCc2ccc(OC)cc2)cc1.[3H][B][3H].[NH3+]CCOCCOCC(=O)NCCCC[C@H](NC(=O)N[C@@H](CCC(=O)O)C(=O)O)C(=O)O.[U]. The molecule has 4 rings (SSSR count). The molecule has 0 heterocycles. The summed E-state index contributed by atoms with van der Waals surface area (Å²) in [4.78, 5) is 179. The number of carbonyl (C=O) groups excluding carboxylic acids is 11. The van der Waals surface area contributed by atoms with Crippen LogP contribution < -0.4 is 72.9 Å². The molecule has 18 N–H and O–H groups in total. The van der Waals surface area contributed by atoms with Gasteiger partial charge in [0.1, 0.15) is 93.4 Å².